The molecule has 0 saturated heterocycles. The van der Waals surface area contributed by atoms with Crippen molar-refractivity contribution in [3.63, 3.8) is 0 Å². The molecule has 2 rings (SSSR count). The molecule has 3 N–H and O–H groups in total. The lowest BCUT2D eigenvalue weighted by Crippen LogP contribution is -2.36. The van der Waals surface area contributed by atoms with E-state index in [0.717, 1.165) is 3.57 Å². The Balaban J connectivity index is 2.17. The van der Waals surface area contributed by atoms with Crippen molar-refractivity contribution in [3.05, 3.63) is 63.3 Å². The summed E-state index contributed by atoms with van der Waals surface area (Å²) in [5, 5.41) is 13.6. The average molecular weight is 454 g/mol. The SMILES string of the molecule is O=C(O)CCNC(=O)/C(=C\c1ccco1)NC(=O)c1ccccc1I. The summed E-state index contributed by atoms with van der Waals surface area (Å²) in [6.45, 7) is -0.0532. The van der Waals surface area contributed by atoms with Crippen LogP contribution in [0.25, 0.3) is 6.08 Å². The quantitative estimate of drug-likeness (QED) is 0.440. The van der Waals surface area contributed by atoms with Gasteiger partial charge in [0, 0.05) is 16.2 Å². The molecule has 1 heterocycles. The first-order valence-corrected chi connectivity index (χ1v) is 8.36. The Hall–Kier alpha value is -2.62. The third-order valence-electron chi connectivity index (χ3n) is 3.07. The number of hydrogen-bond donors (Lipinski definition) is 3. The van der Waals surface area contributed by atoms with E-state index >= 15 is 0 Å². The molecule has 130 valence electrons. The van der Waals surface area contributed by atoms with Crippen LogP contribution in [-0.2, 0) is 9.59 Å². The molecule has 2 amide bonds. The van der Waals surface area contributed by atoms with Gasteiger partial charge in [-0.3, -0.25) is 14.4 Å². The van der Waals surface area contributed by atoms with Crippen LogP contribution in [0.15, 0.2) is 52.8 Å². The van der Waals surface area contributed by atoms with Gasteiger partial charge in [-0.2, -0.15) is 0 Å². The molecule has 0 aliphatic heterocycles. The Morgan fingerprint density at radius 1 is 1.16 bits per heavy atom. The Kier molecular flexibility index (Phi) is 6.75. The molecule has 8 heteroatoms. The predicted molar refractivity (Wildman–Crippen MR) is 98.6 cm³/mol. The summed E-state index contributed by atoms with van der Waals surface area (Å²) < 4.78 is 5.90. The van der Waals surface area contributed by atoms with Crippen LogP contribution in [0.2, 0.25) is 0 Å². The number of carboxylic acid groups (broad SMARTS) is 1. The highest BCUT2D eigenvalue weighted by Gasteiger charge is 2.16. The molecule has 7 nitrogen and oxygen atoms in total. The minimum atomic E-state index is -1.03. The monoisotopic (exact) mass is 454 g/mol. The minimum Gasteiger partial charge on any atom is -0.481 e. The van der Waals surface area contributed by atoms with Crippen molar-refractivity contribution in [2.75, 3.05) is 6.54 Å². The Morgan fingerprint density at radius 2 is 1.92 bits per heavy atom. The average Bonchev–Trinajstić information content (AvgIpc) is 3.07. The standard InChI is InChI=1S/C17H15IN2O5/c18-13-6-2-1-5-12(13)16(23)20-14(10-11-4-3-9-25-11)17(24)19-8-7-15(21)22/h1-6,9-10H,7-8H2,(H,19,24)(H,20,23)(H,21,22)/b14-10+. The van der Waals surface area contributed by atoms with E-state index in [4.69, 9.17) is 9.52 Å². The Morgan fingerprint density at radius 3 is 2.56 bits per heavy atom. The Bertz CT molecular complexity index is 799. The molecular weight excluding hydrogens is 439 g/mol. The van der Waals surface area contributed by atoms with Gasteiger partial charge in [0.2, 0.25) is 0 Å². The van der Waals surface area contributed by atoms with Gasteiger partial charge in [0.05, 0.1) is 18.2 Å². The van der Waals surface area contributed by atoms with E-state index in [1.165, 1.54) is 12.3 Å². The number of nitrogens with one attached hydrogen (secondary N) is 2. The molecule has 0 spiro atoms. The molecule has 0 aliphatic rings. The predicted octanol–water partition coefficient (Wildman–Crippen LogP) is 2.25. The summed E-state index contributed by atoms with van der Waals surface area (Å²) >= 11 is 2.03. The molecule has 0 saturated carbocycles. The molecule has 0 unspecified atom stereocenters. The second kappa shape index (κ2) is 9.02. The van der Waals surface area contributed by atoms with Gasteiger partial charge in [0.25, 0.3) is 11.8 Å². The first-order chi connectivity index (χ1) is 12.0. The number of amides is 2. The third-order valence-corrected chi connectivity index (χ3v) is 4.01. The normalized spacial score (nSPS) is 11.0. The smallest absolute Gasteiger partial charge is 0.305 e. The lowest BCUT2D eigenvalue weighted by atomic mass is 10.2. The molecular formula is C17H15IN2O5. The Labute approximate surface area is 157 Å². The zero-order chi connectivity index (χ0) is 18.2. The van der Waals surface area contributed by atoms with Crippen molar-refractivity contribution >= 4 is 46.5 Å². The fraction of sp³-hybridized carbons (Fsp3) is 0.118. The summed E-state index contributed by atoms with van der Waals surface area (Å²) in [5.74, 6) is -1.70. The van der Waals surface area contributed by atoms with Gasteiger partial charge in [-0.1, -0.05) is 12.1 Å². The van der Waals surface area contributed by atoms with E-state index in [0.29, 0.717) is 11.3 Å². The third kappa shape index (κ3) is 5.75. The summed E-state index contributed by atoms with van der Waals surface area (Å²) in [4.78, 5) is 35.3. The van der Waals surface area contributed by atoms with Crippen LogP contribution in [0.4, 0.5) is 0 Å². The summed E-state index contributed by atoms with van der Waals surface area (Å²) in [6, 6.07) is 10.2. The van der Waals surface area contributed by atoms with Gasteiger partial charge in [-0.25, -0.2) is 0 Å². The number of rotatable bonds is 7. The van der Waals surface area contributed by atoms with Crippen LogP contribution in [0, 0.1) is 3.57 Å². The van der Waals surface area contributed by atoms with Crippen molar-refractivity contribution in [2.45, 2.75) is 6.42 Å². The van der Waals surface area contributed by atoms with Crippen molar-refractivity contribution in [1.29, 1.82) is 0 Å². The number of aliphatic carboxylic acids is 1. The van der Waals surface area contributed by atoms with E-state index in [-0.39, 0.29) is 18.7 Å². The van der Waals surface area contributed by atoms with Crippen LogP contribution in [0.1, 0.15) is 22.5 Å². The van der Waals surface area contributed by atoms with E-state index in [9.17, 15) is 14.4 Å². The second-order valence-corrected chi connectivity index (χ2v) is 6.07. The molecule has 0 bridgehead atoms. The van der Waals surface area contributed by atoms with E-state index in [2.05, 4.69) is 10.6 Å². The van der Waals surface area contributed by atoms with Gasteiger partial charge in [-0.05, 0) is 46.9 Å². The number of carbonyl (C=O) groups is 3. The summed E-state index contributed by atoms with van der Waals surface area (Å²) in [6.07, 6.45) is 2.60. The number of halogens is 1. The van der Waals surface area contributed by atoms with Gasteiger partial charge in [-0.15, -0.1) is 0 Å². The molecule has 1 aromatic heterocycles. The molecule has 0 aliphatic carbocycles. The molecule has 0 fully saturated rings. The fourth-order valence-corrected chi connectivity index (χ4v) is 2.52. The molecule has 0 atom stereocenters. The van der Waals surface area contributed by atoms with E-state index in [1.54, 1.807) is 36.4 Å². The zero-order valence-electron chi connectivity index (χ0n) is 13.0. The van der Waals surface area contributed by atoms with Crippen LogP contribution < -0.4 is 10.6 Å². The first-order valence-electron chi connectivity index (χ1n) is 7.28. The van der Waals surface area contributed by atoms with Crippen LogP contribution in [0.5, 0.6) is 0 Å². The van der Waals surface area contributed by atoms with Crippen molar-refractivity contribution in [1.82, 2.24) is 10.6 Å². The largest absolute Gasteiger partial charge is 0.481 e. The molecule has 25 heavy (non-hydrogen) atoms. The maximum atomic E-state index is 12.4. The lowest BCUT2D eigenvalue weighted by molar-refractivity contribution is -0.136. The highest BCUT2D eigenvalue weighted by atomic mass is 127. The van der Waals surface area contributed by atoms with Crippen LogP contribution >= 0.6 is 22.6 Å². The number of carboxylic acids is 1. The van der Waals surface area contributed by atoms with E-state index < -0.39 is 17.8 Å². The highest BCUT2D eigenvalue weighted by Crippen LogP contribution is 2.13. The van der Waals surface area contributed by atoms with E-state index in [1.807, 2.05) is 22.6 Å². The minimum absolute atomic E-state index is 0.0370. The molecule has 1 aromatic carbocycles. The lowest BCUT2D eigenvalue weighted by Gasteiger charge is -2.11. The van der Waals surface area contributed by atoms with Crippen LogP contribution in [-0.4, -0.2) is 29.4 Å². The van der Waals surface area contributed by atoms with Gasteiger partial charge in [0.1, 0.15) is 11.5 Å². The number of benzene rings is 1. The second-order valence-electron chi connectivity index (χ2n) is 4.91. The number of furan rings is 1. The summed E-state index contributed by atoms with van der Waals surface area (Å²) in [5.41, 5.74) is 0.386. The van der Waals surface area contributed by atoms with Gasteiger partial charge in [0.15, 0.2) is 0 Å². The molecule has 0 radical (unpaired) electrons. The van der Waals surface area contributed by atoms with Crippen molar-refractivity contribution in [3.8, 4) is 0 Å². The highest BCUT2D eigenvalue weighted by molar-refractivity contribution is 14.1. The number of carbonyl (C=O) groups excluding carboxylic acids is 2. The first kappa shape index (κ1) is 18.7. The summed E-state index contributed by atoms with van der Waals surface area (Å²) in [7, 11) is 0. The van der Waals surface area contributed by atoms with Gasteiger partial charge >= 0.3 is 5.97 Å². The van der Waals surface area contributed by atoms with Crippen molar-refractivity contribution in [2.24, 2.45) is 0 Å². The topological polar surface area (TPSA) is 109 Å². The van der Waals surface area contributed by atoms with Crippen LogP contribution in [0.3, 0.4) is 0 Å². The van der Waals surface area contributed by atoms with Crippen molar-refractivity contribution < 1.29 is 23.9 Å². The maximum absolute atomic E-state index is 12.4. The fourth-order valence-electron chi connectivity index (χ4n) is 1.89. The molecule has 2 aromatic rings. The zero-order valence-corrected chi connectivity index (χ0v) is 15.1. The van der Waals surface area contributed by atoms with Gasteiger partial charge < -0.3 is 20.2 Å². The number of hydrogen-bond acceptors (Lipinski definition) is 4. The maximum Gasteiger partial charge on any atom is 0.305 e.